The summed E-state index contributed by atoms with van der Waals surface area (Å²) in [5, 5.41) is 7.50. The van der Waals surface area contributed by atoms with Gasteiger partial charge in [0.2, 0.25) is 0 Å². The van der Waals surface area contributed by atoms with E-state index in [4.69, 9.17) is 4.52 Å². The molecule has 1 saturated heterocycles. The van der Waals surface area contributed by atoms with Gasteiger partial charge >= 0.3 is 0 Å². The molecule has 2 rings (SSSR count). The van der Waals surface area contributed by atoms with Gasteiger partial charge in [0, 0.05) is 18.7 Å². The van der Waals surface area contributed by atoms with Crippen molar-refractivity contribution in [1.82, 2.24) is 15.4 Å². The number of hydrogen-bond donors (Lipinski definition) is 1. The molecule has 1 unspecified atom stereocenters. The SMILES string of the molecule is CCCNCC1CCCCN1Cc1cc(C)no1. The van der Waals surface area contributed by atoms with Gasteiger partial charge in [0.15, 0.2) is 5.76 Å². The Morgan fingerprint density at radius 3 is 3.11 bits per heavy atom. The maximum absolute atomic E-state index is 5.33. The van der Waals surface area contributed by atoms with E-state index in [0.29, 0.717) is 6.04 Å². The number of nitrogens with zero attached hydrogens (tertiary/aromatic N) is 2. The fourth-order valence-corrected chi connectivity index (χ4v) is 2.64. The third-order valence-electron chi connectivity index (χ3n) is 3.59. The summed E-state index contributed by atoms with van der Waals surface area (Å²) in [7, 11) is 0. The number of aromatic nitrogens is 1. The summed E-state index contributed by atoms with van der Waals surface area (Å²) in [6.45, 7) is 8.48. The molecule has 1 fully saturated rings. The summed E-state index contributed by atoms with van der Waals surface area (Å²) in [6, 6.07) is 2.70. The van der Waals surface area contributed by atoms with E-state index >= 15 is 0 Å². The molecule has 1 N–H and O–H groups in total. The third-order valence-corrected chi connectivity index (χ3v) is 3.59. The van der Waals surface area contributed by atoms with Crippen LogP contribution in [0.25, 0.3) is 0 Å². The van der Waals surface area contributed by atoms with Crippen molar-refractivity contribution in [2.45, 2.75) is 52.1 Å². The van der Waals surface area contributed by atoms with Crippen LogP contribution in [0.5, 0.6) is 0 Å². The summed E-state index contributed by atoms with van der Waals surface area (Å²) in [5.41, 5.74) is 0.975. The molecule has 2 heterocycles. The quantitative estimate of drug-likeness (QED) is 0.788. The van der Waals surface area contributed by atoms with E-state index in [1.54, 1.807) is 0 Å². The molecule has 4 nitrogen and oxygen atoms in total. The molecular formula is C14H25N3O. The number of rotatable bonds is 6. The minimum Gasteiger partial charge on any atom is -0.360 e. The van der Waals surface area contributed by atoms with Gasteiger partial charge < -0.3 is 9.84 Å². The van der Waals surface area contributed by atoms with E-state index < -0.39 is 0 Å². The first-order chi connectivity index (χ1) is 8.79. The first kappa shape index (κ1) is 13.6. The number of hydrogen-bond acceptors (Lipinski definition) is 4. The lowest BCUT2D eigenvalue weighted by molar-refractivity contribution is 0.124. The Kier molecular flexibility index (Phi) is 5.20. The second-order valence-corrected chi connectivity index (χ2v) is 5.26. The first-order valence-corrected chi connectivity index (χ1v) is 7.16. The molecule has 1 aromatic heterocycles. The van der Waals surface area contributed by atoms with E-state index in [1.165, 1.54) is 32.2 Å². The predicted octanol–water partition coefficient (Wildman–Crippen LogP) is 2.34. The number of piperidine rings is 1. The number of likely N-dealkylation sites (tertiary alicyclic amines) is 1. The standard InChI is InChI=1S/C14H25N3O/c1-3-7-15-10-13-6-4-5-8-17(13)11-14-9-12(2)16-18-14/h9,13,15H,3-8,10-11H2,1-2H3. The fraction of sp³-hybridized carbons (Fsp3) is 0.786. The molecule has 1 atom stereocenters. The first-order valence-electron chi connectivity index (χ1n) is 7.16. The topological polar surface area (TPSA) is 41.3 Å². The molecule has 102 valence electrons. The van der Waals surface area contributed by atoms with Crippen molar-refractivity contribution in [2.24, 2.45) is 0 Å². The van der Waals surface area contributed by atoms with E-state index in [9.17, 15) is 0 Å². The molecule has 1 aliphatic rings. The van der Waals surface area contributed by atoms with Crippen molar-refractivity contribution in [1.29, 1.82) is 0 Å². The van der Waals surface area contributed by atoms with Crippen LogP contribution in [-0.4, -0.2) is 35.7 Å². The molecule has 0 saturated carbocycles. The zero-order chi connectivity index (χ0) is 12.8. The van der Waals surface area contributed by atoms with Crippen LogP contribution in [-0.2, 0) is 6.54 Å². The van der Waals surface area contributed by atoms with Crippen LogP contribution in [0.3, 0.4) is 0 Å². The Labute approximate surface area is 110 Å². The van der Waals surface area contributed by atoms with E-state index in [1.807, 2.05) is 13.0 Å². The monoisotopic (exact) mass is 251 g/mol. The molecule has 0 radical (unpaired) electrons. The lowest BCUT2D eigenvalue weighted by atomic mass is 10.0. The van der Waals surface area contributed by atoms with Gasteiger partial charge in [0.1, 0.15) is 0 Å². The highest BCUT2D eigenvalue weighted by Crippen LogP contribution is 2.19. The van der Waals surface area contributed by atoms with Crippen molar-refractivity contribution < 1.29 is 4.52 Å². The highest BCUT2D eigenvalue weighted by atomic mass is 16.5. The second kappa shape index (κ2) is 6.90. The summed E-state index contributed by atoms with van der Waals surface area (Å²) in [6.07, 6.45) is 5.15. The van der Waals surface area contributed by atoms with Crippen LogP contribution < -0.4 is 5.32 Å². The maximum atomic E-state index is 5.33. The summed E-state index contributed by atoms with van der Waals surface area (Å²) in [5.74, 6) is 0.995. The van der Waals surface area contributed by atoms with Crippen molar-refractivity contribution in [3.63, 3.8) is 0 Å². The van der Waals surface area contributed by atoms with Gasteiger partial charge in [-0.25, -0.2) is 0 Å². The van der Waals surface area contributed by atoms with Crippen molar-refractivity contribution >= 4 is 0 Å². The van der Waals surface area contributed by atoms with E-state index in [2.05, 4.69) is 22.3 Å². The Morgan fingerprint density at radius 1 is 1.50 bits per heavy atom. The Bertz CT molecular complexity index is 351. The maximum Gasteiger partial charge on any atom is 0.150 e. The van der Waals surface area contributed by atoms with Crippen LogP contribution in [0, 0.1) is 6.92 Å². The predicted molar refractivity (Wildman–Crippen MR) is 72.4 cm³/mol. The molecule has 1 aliphatic heterocycles. The van der Waals surface area contributed by atoms with Gasteiger partial charge in [-0.05, 0) is 39.3 Å². The average molecular weight is 251 g/mol. The second-order valence-electron chi connectivity index (χ2n) is 5.26. The van der Waals surface area contributed by atoms with Crippen molar-refractivity contribution in [2.75, 3.05) is 19.6 Å². The zero-order valence-electron chi connectivity index (χ0n) is 11.6. The molecule has 0 spiro atoms. The van der Waals surface area contributed by atoms with Gasteiger partial charge in [-0.1, -0.05) is 18.5 Å². The summed E-state index contributed by atoms with van der Waals surface area (Å²) < 4.78 is 5.33. The van der Waals surface area contributed by atoms with Crippen LogP contribution in [0.15, 0.2) is 10.6 Å². The average Bonchev–Trinajstić information content (AvgIpc) is 2.77. The van der Waals surface area contributed by atoms with Gasteiger partial charge in [-0.15, -0.1) is 0 Å². The summed E-state index contributed by atoms with van der Waals surface area (Å²) >= 11 is 0. The Hall–Kier alpha value is -0.870. The molecule has 0 bridgehead atoms. The Balaban J connectivity index is 1.86. The zero-order valence-corrected chi connectivity index (χ0v) is 11.6. The van der Waals surface area contributed by atoms with Gasteiger partial charge in [-0.2, -0.15) is 0 Å². The molecule has 0 aromatic carbocycles. The Morgan fingerprint density at radius 2 is 2.39 bits per heavy atom. The van der Waals surface area contributed by atoms with Gasteiger partial charge in [-0.3, -0.25) is 4.90 Å². The highest BCUT2D eigenvalue weighted by molar-refractivity contribution is 5.03. The normalized spacial score (nSPS) is 21.3. The summed E-state index contributed by atoms with van der Waals surface area (Å²) in [4.78, 5) is 2.53. The third kappa shape index (κ3) is 3.82. The van der Waals surface area contributed by atoms with Gasteiger partial charge in [0.25, 0.3) is 0 Å². The molecule has 4 heteroatoms. The van der Waals surface area contributed by atoms with Crippen LogP contribution in [0.1, 0.15) is 44.1 Å². The molecule has 1 aromatic rings. The molecule has 0 aliphatic carbocycles. The van der Waals surface area contributed by atoms with Gasteiger partial charge in [0.05, 0.1) is 12.2 Å². The lowest BCUT2D eigenvalue weighted by Crippen LogP contribution is -2.45. The molecule has 0 amide bonds. The number of nitrogens with one attached hydrogen (secondary N) is 1. The number of aryl methyl sites for hydroxylation is 1. The largest absolute Gasteiger partial charge is 0.360 e. The smallest absolute Gasteiger partial charge is 0.150 e. The van der Waals surface area contributed by atoms with E-state index in [-0.39, 0.29) is 0 Å². The minimum atomic E-state index is 0.649. The highest BCUT2D eigenvalue weighted by Gasteiger charge is 2.23. The van der Waals surface area contributed by atoms with Crippen LogP contribution in [0.4, 0.5) is 0 Å². The van der Waals surface area contributed by atoms with Crippen molar-refractivity contribution in [3.8, 4) is 0 Å². The minimum absolute atomic E-state index is 0.649. The van der Waals surface area contributed by atoms with Crippen molar-refractivity contribution in [3.05, 3.63) is 17.5 Å². The fourth-order valence-electron chi connectivity index (χ4n) is 2.64. The lowest BCUT2D eigenvalue weighted by Gasteiger charge is -2.35. The van der Waals surface area contributed by atoms with E-state index in [0.717, 1.165) is 31.1 Å². The van der Waals surface area contributed by atoms with Crippen LogP contribution in [0.2, 0.25) is 0 Å². The van der Waals surface area contributed by atoms with Crippen LogP contribution >= 0.6 is 0 Å². The molecule has 18 heavy (non-hydrogen) atoms. The molecular weight excluding hydrogens is 226 g/mol.